The summed E-state index contributed by atoms with van der Waals surface area (Å²) in [6, 6.07) is 11.0. The van der Waals surface area contributed by atoms with Crippen LogP contribution >= 0.6 is 0 Å². The third kappa shape index (κ3) is 4.68. The number of aryl methyl sites for hydroxylation is 1. The van der Waals surface area contributed by atoms with Crippen LogP contribution in [-0.2, 0) is 11.2 Å². The summed E-state index contributed by atoms with van der Waals surface area (Å²) >= 11 is 0. The molecule has 0 aliphatic carbocycles. The van der Waals surface area contributed by atoms with Gasteiger partial charge in [0.25, 0.3) is 5.91 Å². The fourth-order valence-electron chi connectivity index (χ4n) is 3.12. The Morgan fingerprint density at radius 3 is 2.55 bits per heavy atom. The van der Waals surface area contributed by atoms with Crippen molar-refractivity contribution in [3.63, 3.8) is 0 Å². The first-order valence-corrected chi connectivity index (χ1v) is 9.52. The number of hydrogen-bond acceptors (Lipinski definition) is 5. The predicted molar refractivity (Wildman–Crippen MR) is 109 cm³/mol. The Morgan fingerprint density at radius 2 is 1.90 bits per heavy atom. The number of esters is 1. The number of nitrogens with one attached hydrogen (secondary N) is 1. The minimum Gasteiger partial charge on any atom is -0.462 e. The molecule has 0 radical (unpaired) electrons. The van der Waals surface area contributed by atoms with E-state index in [-0.39, 0.29) is 11.9 Å². The summed E-state index contributed by atoms with van der Waals surface area (Å²) in [7, 11) is 0. The van der Waals surface area contributed by atoms with Crippen LogP contribution in [0.15, 0.2) is 48.8 Å². The first-order chi connectivity index (χ1) is 14.0. The lowest BCUT2D eigenvalue weighted by Crippen LogP contribution is -2.25. The Morgan fingerprint density at radius 1 is 1.14 bits per heavy atom. The molecule has 0 saturated heterocycles. The van der Waals surface area contributed by atoms with Gasteiger partial charge in [0.1, 0.15) is 5.56 Å². The molecular weight excluding hydrogens is 368 g/mol. The molecule has 0 aliphatic heterocycles. The maximum atomic E-state index is 12.4. The fraction of sp³-hybridized carbons (Fsp3) is 0.273. The summed E-state index contributed by atoms with van der Waals surface area (Å²) in [5, 5.41) is 7.36. The van der Waals surface area contributed by atoms with Crippen LogP contribution in [0.4, 0.5) is 0 Å². The van der Waals surface area contributed by atoms with E-state index in [1.165, 1.54) is 0 Å². The largest absolute Gasteiger partial charge is 0.462 e. The minimum atomic E-state index is -0.377. The van der Waals surface area contributed by atoms with Gasteiger partial charge in [0.2, 0.25) is 0 Å². The van der Waals surface area contributed by atoms with Gasteiger partial charge < -0.3 is 10.1 Å². The van der Waals surface area contributed by atoms with Crippen LogP contribution in [0.2, 0.25) is 0 Å². The van der Waals surface area contributed by atoms with Crippen molar-refractivity contribution in [2.24, 2.45) is 0 Å². The van der Waals surface area contributed by atoms with Gasteiger partial charge in [-0.15, -0.1) is 0 Å². The SMILES string of the molecule is CCOC(=O)c1c(C)nn(-c2ccc(C(=O)NCCc3cccnc3)cc2)c1C. The zero-order valence-electron chi connectivity index (χ0n) is 16.8. The van der Waals surface area contributed by atoms with Crippen molar-refractivity contribution in [3.8, 4) is 5.69 Å². The van der Waals surface area contributed by atoms with Crippen molar-refractivity contribution in [1.29, 1.82) is 0 Å². The van der Waals surface area contributed by atoms with Gasteiger partial charge in [-0.25, -0.2) is 9.48 Å². The van der Waals surface area contributed by atoms with E-state index in [2.05, 4.69) is 15.4 Å². The first kappa shape index (κ1) is 20.3. The highest BCUT2D eigenvalue weighted by atomic mass is 16.5. The molecule has 150 valence electrons. The van der Waals surface area contributed by atoms with Crippen molar-refractivity contribution in [1.82, 2.24) is 20.1 Å². The molecule has 29 heavy (non-hydrogen) atoms. The summed E-state index contributed by atoms with van der Waals surface area (Å²) < 4.78 is 6.80. The van der Waals surface area contributed by atoms with Gasteiger partial charge >= 0.3 is 5.97 Å². The predicted octanol–water partition coefficient (Wildman–Crippen LogP) is 3.03. The van der Waals surface area contributed by atoms with Crippen LogP contribution in [0.3, 0.4) is 0 Å². The highest BCUT2D eigenvalue weighted by Crippen LogP contribution is 2.19. The van der Waals surface area contributed by atoms with Gasteiger partial charge in [-0.1, -0.05) is 6.07 Å². The van der Waals surface area contributed by atoms with E-state index in [0.717, 1.165) is 17.7 Å². The monoisotopic (exact) mass is 392 g/mol. The third-order valence-corrected chi connectivity index (χ3v) is 4.57. The number of hydrogen-bond donors (Lipinski definition) is 1. The Balaban J connectivity index is 1.68. The molecule has 2 aromatic heterocycles. The molecule has 7 heteroatoms. The van der Waals surface area contributed by atoms with Crippen molar-refractivity contribution in [2.75, 3.05) is 13.2 Å². The Labute approximate surface area is 169 Å². The van der Waals surface area contributed by atoms with E-state index >= 15 is 0 Å². The fourth-order valence-corrected chi connectivity index (χ4v) is 3.12. The van der Waals surface area contributed by atoms with Crippen molar-refractivity contribution in [3.05, 3.63) is 76.9 Å². The van der Waals surface area contributed by atoms with Crippen LogP contribution < -0.4 is 5.32 Å². The molecule has 3 aromatic rings. The van der Waals surface area contributed by atoms with Crippen molar-refractivity contribution in [2.45, 2.75) is 27.2 Å². The van der Waals surface area contributed by atoms with Gasteiger partial charge in [0, 0.05) is 24.5 Å². The summed E-state index contributed by atoms with van der Waals surface area (Å²) in [5.74, 6) is -0.514. The van der Waals surface area contributed by atoms with Crippen molar-refractivity contribution < 1.29 is 14.3 Å². The number of benzene rings is 1. The van der Waals surface area contributed by atoms with Gasteiger partial charge in [0.15, 0.2) is 0 Å². The molecule has 7 nitrogen and oxygen atoms in total. The summed E-state index contributed by atoms with van der Waals surface area (Å²) in [6.07, 6.45) is 4.24. The minimum absolute atomic E-state index is 0.138. The Bertz CT molecular complexity index is 995. The van der Waals surface area contributed by atoms with E-state index in [4.69, 9.17) is 4.74 Å². The quantitative estimate of drug-likeness (QED) is 0.625. The van der Waals surface area contributed by atoms with E-state index < -0.39 is 0 Å². The lowest BCUT2D eigenvalue weighted by Gasteiger charge is -2.08. The zero-order valence-corrected chi connectivity index (χ0v) is 16.8. The van der Waals surface area contributed by atoms with Crippen LogP contribution in [-0.4, -0.2) is 39.8 Å². The second-order valence-corrected chi connectivity index (χ2v) is 6.59. The van der Waals surface area contributed by atoms with E-state index in [1.807, 2.05) is 31.2 Å². The average Bonchev–Trinajstić information content (AvgIpc) is 3.03. The molecule has 0 aliphatic rings. The highest BCUT2D eigenvalue weighted by molar-refractivity contribution is 5.94. The van der Waals surface area contributed by atoms with Gasteiger partial charge in [0.05, 0.1) is 23.7 Å². The summed E-state index contributed by atoms with van der Waals surface area (Å²) in [4.78, 5) is 28.6. The molecule has 0 bridgehead atoms. The van der Waals surface area contributed by atoms with Gasteiger partial charge in [-0.05, 0) is 63.1 Å². The molecule has 0 saturated carbocycles. The molecule has 3 rings (SSSR count). The smallest absolute Gasteiger partial charge is 0.341 e. The number of ether oxygens (including phenoxy) is 1. The Kier molecular flexibility index (Phi) is 6.39. The first-order valence-electron chi connectivity index (χ1n) is 9.52. The maximum absolute atomic E-state index is 12.4. The second kappa shape index (κ2) is 9.14. The van der Waals surface area contributed by atoms with Crippen LogP contribution in [0.5, 0.6) is 0 Å². The van der Waals surface area contributed by atoms with Gasteiger partial charge in [-0.3, -0.25) is 9.78 Å². The number of pyridine rings is 1. The third-order valence-electron chi connectivity index (χ3n) is 4.57. The number of rotatable bonds is 7. The van der Waals surface area contributed by atoms with Crippen LogP contribution in [0.25, 0.3) is 5.69 Å². The Hall–Kier alpha value is -3.48. The molecule has 1 amide bonds. The standard InChI is InChI=1S/C22H24N4O3/c1-4-29-22(28)20-15(2)25-26(16(20)3)19-9-7-18(8-10-19)21(27)24-13-11-17-6-5-12-23-14-17/h5-10,12,14H,4,11,13H2,1-3H3,(H,24,27). The van der Waals surface area contributed by atoms with Crippen LogP contribution in [0, 0.1) is 13.8 Å². The highest BCUT2D eigenvalue weighted by Gasteiger charge is 2.20. The number of nitrogens with zero attached hydrogens (tertiary/aromatic N) is 3. The molecule has 0 atom stereocenters. The van der Waals surface area contributed by atoms with Gasteiger partial charge in [-0.2, -0.15) is 5.10 Å². The molecular formula is C22H24N4O3. The zero-order chi connectivity index (χ0) is 20.8. The molecule has 0 fully saturated rings. The van der Waals surface area contributed by atoms with Crippen molar-refractivity contribution >= 4 is 11.9 Å². The second-order valence-electron chi connectivity index (χ2n) is 6.59. The number of amides is 1. The number of carbonyl (C=O) groups is 2. The number of carbonyl (C=O) groups excluding carboxylic acids is 2. The average molecular weight is 392 g/mol. The normalized spacial score (nSPS) is 10.6. The molecule has 2 heterocycles. The number of aromatic nitrogens is 3. The van der Waals surface area contributed by atoms with Crippen LogP contribution in [0.1, 0.15) is 44.6 Å². The lowest BCUT2D eigenvalue weighted by molar-refractivity contribution is 0.0524. The lowest BCUT2D eigenvalue weighted by atomic mass is 10.1. The molecule has 1 aromatic carbocycles. The molecule has 1 N–H and O–H groups in total. The summed E-state index contributed by atoms with van der Waals surface area (Å²) in [6.45, 7) is 6.22. The maximum Gasteiger partial charge on any atom is 0.341 e. The van der Waals surface area contributed by atoms with E-state index in [0.29, 0.717) is 35.7 Å². The van der Waals surface area contributed by atoms with E-state index in [1.54, 1.807) is 43.1 Å². The summed E-state index contributed by atoms with van der Waals surface area (Å²) in [5.41, 5.74) is 4.20. The molecule has 0 unspecified atom stereocenters. The molecule has 0 spiro atoms. The van der Waals surface area contributed by atoms with E-state index in [9.17, 15) is 9.59 Å². The topological polar surface area (TPSA) is 86.1 Å².